The van der Waals surface area contributed by atoms with Crippen LogP contribution in [0.25, 0.3) is 0 Å². The topological polar surface area (TPSA) is 61.0 Å². The van der Waals surface area contributed by atoms with E-state index in [0.29, 0.717) is 18.0 Å². The van der Waals surface area contributed by atoms with Crippen molar-refractivity contribution in [2.24, 2.45) is 5.73 Å². The lowest BCUT2D eigenvalue weighted by Gasteiger charge is -2.03. The van der Waals surface area contributed by atoms with Crippen LogP contribution in [0.2, 0.25) is 5.28 Å². The fourth-order valence-electron chi connectivity index (χ4n) is 0.698. The van der Waals surface area contributed by atoms with Crippen LogP contribution in [0.1, 0.15) is 5.69 Å². The van der Waals surface area contributed by atoms with Crippen molar-refractivity contribution in [1.82, 2.24) is 9.97 Å². The summed E-state index contributed by atoms with van der Waals surface area (Å²) < 4.78 is 4.93. The van der Waals surface area contributed by atoms with Gasteiger partial charge in [-0.3, -0.25) is 0 Å². The number of rotatable bonds is 2. The molecule has 4 nitrogen and oxygen atoms in total. The Morgan fingerprint density at radius 3 is 3.00 bits per heavy atom. The molecular weight excluding hydrogens is 166 g/mol. The van der Waals surface area contributed by atoms with E-state index in [-0.39, 0.29) is 5.28 Å². The maximum atomic E-state index is 5.52. The fraction of sp³-hybridized carbons (Fsp3) is 0.333. The summed E-state index contributed by atoms with van der Waals surface area (Å²) in [5.41, 5.74) is 5.98. The highest BCUT2D eigenvalue weighted by molar-refractivity contribution is 6.28. The highest BCUT2D eigenvalue weighted by Crippen LogP contribution is 2.14. The lowest BCUT2D eigenvalue weighted by molar-refractivity contribution is 0.404. The molecule has 1 heterocycles. The van der Waals surface area contributed by atoms with Crippen molar-refractivity contribution < 1.29 is 4.74 Å². The SMILES string of the molecule is COc1cnc(Cl)nc1CN. The highest BCUT2D eigenvalue weighted by atomic mass is 35.5. The molecule has 0 spiro atoms. The van der Waals surface area contributed by atoms with Gasteiger partial charge in [-0.25, -0.2) is 9.97 Å². The normalized spacial score (nSPS) is 9.73. The van der Waals surface area contributed by atoms with Crippen LogP contribution in [0.5, 0.6) is 5.75 Å². The Kier molecular flexibility index (Phi) is 2.62. The molecule has 1 aromatic rings. The third-order valence-corrected chi connectivity index (χ3v) is 1.40. The summed E-state index contributed by atoms with van der Waals surface area (Å²) in [6.07, 6.45) is 1.50. The molecule has 1 aromatic heterocycles. The van der Waals surface area contributed by atoms with Crippen molar-refractivity contribution in [2.45, 2.75) is 6.54 Å². The Hall–Kier alpha value is -0.870. The number of ether oxygens (including phenoxy) is 1. The van der Waals surface area contributed by atoms with E-state index in [1.165, 1.54) is 13.3 Å². The number of nitrogens with zero attached hydrogens (tertiary/aromatic N) is 2. The van der Waals surface area contributed by atoms with Crippen LogP contribution in [0, 0.1) is 0 Å². The van der Waals surface area contributed by atoms with E-state index in [0.717, 1.165) is 0 Å². The summed E-state index contributed by atoms with van der Waals surface area (Å²) in [6, 6.07) is 0. The third kappa shape index (κ3) is 1.78. The Morgan fingerprint density at radius 2 is 2.45 bits per heavy atom. The zero-order valence-electron chi connectivity index (χ0n) is 6.04. The van der Waals surface area contributed by atoms with Crippen LogP contribution in [-0.2, 0) is 6.54 Å². The number of hydrogen-bond donors (Lipinski definition) is 1. The van der Waals surface area contributed by atoms with Crippen LogP contribution < -0.4 is 10.5 Å². The summed E-state index contributed by atoms with van der Waals surface area (Å²) in [5, 5.41) is 0.186. The van der Waals surface area contributed by atoms with Gasteiger partial charge in [0.15, 0.2) is 5.75 Å². The molecule has 0 saturated heterocycles. The maximum Gasteiger partial charge on any atom is 0.222 e. The quantitative estimate of drug-likeness (QED) is 0.666. The first-order valence-corrected chi connectivity index (χ1v) is 3.41. The van der Waals surface area contributed by atoms with Crippen molar-refractivity contribution in [3.05, 3.63) is 17.2 Å². The largest absolute Gasteiger partial charge is 0.493 e. The molecule has 0 amide bonds. The molecule has 2 N–H and O–H groups in total. The van der Waals surface area contributed by atoms with E-state index >= 15 is 0 Å². The summed E-state index contributed by atoms with van der Waals surface area (Å²) in [6.45, 7) is 0.297. The van der Waals surface area contributed by atoms with Crippen LogP contribution in [0.4, 0.5) is 0 Å². The standard InChI is InChI=1S/C6H8ClN3O/c1-11-5-3-9-6(7)10-4(5)2-8/h3H,2,8H2,1H3. The summed E-state index contributed by atoms with van der Waals surface area (Å²) in [7, 11) is 1.53. The van der Waals surface area contributed by atoms with Gasteiger partial charge in [-0.05, 0) is 11.6 Å². The van der Waals surface area contributed by atoms with Crippen LogP contribution in [-0.4, -0.2) is 17.1 Å². The van der Waals surface area contributed by atoms with Gasteiger partial charge in [-0.15, -0.1) is 0 Å². The summed E-state index contributed by atoms with van der Waals surface area (Å²) >= 11 is 5.52. The highest BCUT2D eigenvalue weighted by Gasteiger charge is 2.03. The molecule has 0 aliphatic rings. The molecule has 0 aromatic carbocycles. The van der Waals surface area contributed by atoms with Crippen molar-refractivity contribution in [2.75, 3.05) is 7.11 Å². The van der Waals surface area contributed by atoms with Crippen molar-refractivity contribution in [3.63, 3.8) is 0 Å². The molecule has 11 heavy (non-hydrogen) atoms. The number of methoxy groups -OCH3 is 1. The molecule has 60 valence electrons. The predicted octanol–water partition coefficient (Wildman–Crippen LogP) is 0.597. The van der Waals surface area contributed by atoms with E-state index in [1.54, 1.807) is 0 Å². The lowest BCUT2D eigenvalue weighted by atomic mass is 10.4. The van der Waals surface area contributed by atoms with E-state index < -0.39 is 0 Å². The summed E-state index contributed by atoms with van der Waals surface area (Å²) in [5.74, 6) is 0.567. The second-order valence-corrected chi connectivity index (χ2v) is 2.20. The monoisotopic (exact) mass is 173 g/mol. The predicted molar refractivity (Wildman–Crippen MR) is 41.5 cm³/mol. The number of nitrogens with two attached hydrogens (primary N) is 1. The van der Waals surface area contributed by atoms with Gasteiger partial charge < -0.3 is 10.5 Å². The van der Waals surface area contributed by atoms with Gasteiger partial charge >= 0.3 is 0 Å². The van der Waals surface area contributed by atoms with Gasteiger partial charge in [0.1, 0.15) is 5.69 Å². The van der Waals surface area contributed by atoms with Crippen molar-refractivity contribution in [1.29, 1.82) is 0 Å². The minimum absolute atomic E-state index is 0.186. The molecule has 0 radical (unpaired) electrons. The van der Waals surface area contributed by atoms with Gasteiger partial charge in [0.25, 0.3) is 0 Å². The number of hydrogen-bond acceptors (Lipinski definition) is 4. The zero-order chi connectivity index (χ0) is 8.27. The molecule has 1 rings (SSSR count). The number of halogens is 1. The first kappa shape index (κ1) is 8.23. The Morgan fingerprint density at radius 1 is 1.73 bits per heavy atom. The fourth-order valence-corrected chi connectivity index (χ4v) is 0.849. The van der Waals surface area contributed by atoms with Crippen LogP contribution in [0.15, 0.2) is 6.20 Å². The number of aromatic nitrogens is 2. The van der Waals surface area contributed by atoms with E-state index in [9.17, 15) is 0 Å². The molecule has 0 unspecified atom stereocenters. The molecule has 0 saturated carbocycles. The van der Waals surface area contributed by atoms with Gasteiger partial charge in [-0.2, -0.15) is 0 Å². The molecular formula is C6H8ClN3O. The summed E-state index contributed by atoms with van der Waals surface area (Å²) in [4.78, 5) is 7.60. The van der Waals surface area contributed by atoms with Crippen molar-refractivity contribution in [3.8, 4) is 5.75 Å². The van der Waals surface area contributed by atoms with Gasteiger partial charge in [0, 0.05) is 6.54 Å². The van der Waals surface area contributed by atoms with E-state index in [2.05, 4.69) is 9.97 Å². The molecule has 0 aliphatic heterocycles. The molecule has 0 atom stereocenters. The lowest BCUT2D eigenvalue weighted by Crippen LogP contribution is -2.03. The average Bonchev–Trinajstić information content (AvgIpc) is 2.04. The first-order chi connectivity index (χ1) is 5.27. The Labute approximate surface area is 69.4 Å². The van der Waals surface area contributed by atoms with Gasteiger partial charge in [0.2, 0.25) is 5.28 Å². The van der Waals surface area contributed by atoms with E-state index in [4.69, 9.17) is 22.1 Å². The van der Waals surface area contributed by atoms with E-state index in [1.807, 2.05) is 0 Å². The van der Waals surface area contributed by atoms with Gasteiger partial charge in [0.05, 0.1) is 13.3 Å². The second-order valence-electron chi connectivity index (χ2n) is 1.86. The average molecular weight is 174 g/mol. The Bertz CT molecular complexity index is 254. The van der Waals surface area contributed by atoms with Crippen molar-refractivity contribution >= 4 is 11.6 Å². The van der Waals surface area contributed by atoms with Crippen LogP contribution >= 0.6 is 11.6 Å². The maximum absolute atomic E-state index is 5.52. The second kappa shape index (κ2) is 3.50. The molecule has 0 aliphatic carbocycles. The molecule has 0 bridgehead atoms. The molecule has 5 heteroatoms. The minimum Gasteiger partial charge on any atom is -0.493 e. The van der Waals surface area contributed by atoms with Gasteiger partial charge in [-0.1, -0.05) is 0 Å². The zero-order valence-corrected chi connectivity index (χ0v) is 6.80. The first-order valence-electron chi connectivity index (χ1n) is 3.03. The molecule has 0 fully saturated rings. The Balaban J connectivity index is 3.06. The smallest absolute Gasteiger partial charge is 0.222 e. The third-order valence-electron chi connectivity index (χ3n) is 1.21. The minimum atomic E-state index is 0.186. The van der Waals surface area contributed by atoms with Crippen LogP contribution in [0.3, 0.4) is 0 Å².